The third kappa shape index (κ3) is 4.62. The second-order valence-corrected chi connectivity index (χ2v) is 6.76. The number of hydrogen-bond donors (Lipinski definition) is 1. The van der Waals surface area contributed by atoms with E-state index in [1.54, 1.807) is 11.8 Å². The lowest BCUT2D eigenvalue weighted by Gasteiger charge is -2.28. The summed E-state index contributed by atoms with van der Waals surface area (Å²) in [6, 6.07) is 7.53. The minimum absolute atomic E-state index is 0.262. The van der Waals surface area contributed by atoms with Gasteiger partial charge in [0.2, 0.25) is 0 Å². The number of thioether (sulfide) groups is 1. The minimum atomic E-state index is 0.262. The van der Waals surface area contributed by atoms with Gasteiger partial charge in [0, 0.05) is 24.3 Å². The number of hydrogen-bond acceptors (Lipinski definition) is 4. The monoisotopic (exact) mass is 298 g/mol. The fraction of sp³-hybridized carbons (Fsp3) is 0.500. The summed E-state index contributed by atoms with van der Waals surface area (Å²) in [5, 5.41) is 5.02. The van der Waals surface area contributed by atoms with Crippen LogP contribution in [0.15, 0.2) is 29.3 Å². The van der Waals surface area contributed by atoms with Crippen molar-refractivity contribution in [3.05, 3.63) is 29.3 Å². The first kappa shape index (κ1) is 14.5. The van der Waals surface area contributed by atoms with E-state index in [2.05, 4.69) is 24.2 Å². The molecule has 0 radical (unpaired) electrons. The van der Waals surface area contributed by atoms with Crippen molar-refractivity contribution in [3.8, 4) is 5.75 Å². The summed E-state index contributed by atoms with van der Waals surface area (Å²) in [4.78, 5) is 4.53. The normalized spacial score (nSPS) is 17.5. The number of ether oxygens (including phenoxy) is 1. The quantitative estimate of drug-likeness (QED) is 0.865. The summed E-state index contributed by atoms with van der Waals surface area (Å²) in [5.41, 5.74) is 0.262. The second kappa shape index (κ2) is 6.53. The second-order valence-electron chi connectivity index (χ2n) is 5.27. The Morgan fingerprint density at radius 3 is 2.89 bits per heavy atom. The van der Waals surface area contributed by atoms with Crippen molar-refractivity contribution in [1.82, 2.24) is 5.32 Å². The van der Waals surface area contributed by atoms with E-state index in [0.717, 1.165) is 29.8 Å². The molecule has 1 heterocycles. The van der Waals surface area contributed by atoms with Gasteiger partial charge in [-0.25, -0.2) is 0 Å². The number of halogens is 1. The third-order valence-electron chi connectivity index (χ3n) is 2.79. The van der Waals surface area contributed by atoms with Crippen molar-refractivity contribution in [1.29, 1.82) is 0 Å². The molecule has 3 nitrogen and oxygen atoms in total. The number of benzene rings is 1. The Kier molecular flexibility index (Phi) is 4.99. The van der Waals surface area contributed by atoms with Crippen LogP contribution in [-0.4, -0.2) is 30.6 Å². The largest absolute Gasteiger partial charge is 0.491 e. The first-order valence-corrected chi connectivity index (χ1v) is 7.72. The first-order valence-electron chi connectivity index (χ1n) is 6.35. The Morgan fingerprint density at radius 1 is 1.42 bits per heavy atom. The van der Waals surface area contributed by atoms with Crippen LogP contribution in [0.5, 0.6) is 5.75 Å². The minimum Gasteiger partial charge on any atom is -0.491 e. The number of nitrogens with one attached hydrogen (secondary N) is 1. The summed E-state index contributed by atoms with van der Waals surface area (Å²) in [5.74, 6) is 1.60. The predicted molar refractivity (Wildman–Crippen MR) is 83.5 cm³/mol. The van der Waals surface area contributed by atoms with Crippen LogP contribution in [0.3, 0.4) is 0 Å². The van der Waals surface area contributed by atoms with Crippen LogP contribution in [0.1, 0.15) is 13.8 Å². The molecule has 0 aliphatic carbocycles. The maximum absolute atomic E-state index is 6.02. The van der Waals surface area contributed by atoms with Crippen LogP contribution in [0.25, 0.3) is 0 Å². The Labute approximate surface area is 123 Å². The molecule has 5 heteroatoms. The van der Waals surface area contributed by atoms with Crippen molar-refractivity contribution in [2.45, 2.75) is 13.8 Å². The van der Waals surface area contributed by atoms with Gasteiger partial charge in [-0.05, 0) is 12.1 Å². The van der Waals surface area contributed by atoms with E-state index in [-0.39, 0.29) is 5.41 Å². The highest BCUT2D eigenvalue weighted by Crippen LogP contribution is 2.23. The van der Waals surface area contributed by atoms with Crippen LogP contribution in [0, 0.1) is 5.41 Å². The molecule has 0 amide bonds. The van der Waals surface area contributed by atoms with Gasteiger partial charge in [0.25, 0.3) is 0 Å². The summed E-state index contributed by atoms with van der Waals surface area (Å²) < 4.78 is 5.63. The van der Waals surface area contributed by atoms with Crippen molar-refractivity contribution >= 4 is 28.5 Å². The molecular weight excluding hydrogens is 280 g/mol. The summed E-state index contributed by atoms with van der Waals surface area (Å²) in [6.45, 7) is 6.91. The summed E-state index contributed by atoms with van der Waals surface area (Å²) in [7, 11) is 0. The van der Waals surface area contributed by atoms with Gasteiger partial charge in [0.15, 0.2) is 5.17 Å². The standard InChI is InChI=1S/C14H19ClN2OS/c1-14(2)9-16-13(17-10-14)19-8-7-18-12-6-4-3-5-11(12)15/h3-6H,7-10H2,1-2H3,(H,16,17). The van der Waals surface area contributed by atoms with Gasteiger partial charge < -0.3 is 10.1 Å². The molecule has 0 fully saturated rings. The van der Waals surface area contributed by atoms with Gasteiger partial charge in [-0.2, -0.15) is 0 Å². The molecule has 0 aromatic heterocycles. The average Bonchev–Trinajstić information content (AvgIpc) is 2.38. The summed E-state index contributed by atoms with van der Waals surface area (Å²) in [6.07, 6.45) is 0. The summed E-state index contributed by atoms with van der Waals surface area (Å²) >= 11 is 7.71. The van der Waals surface area contributed by atoms with E-state index < -0.39 is 0 Å². The van der Waals surface area contributed by atoms with E-state index in [0.29, 0.717) is 11.6 Å². The lowest BCUT2D eigenvalue weighted by atomic mass is 9.93. The molecule has 1 aromatic carbocycles. The number of aliphatic imine (C=N–C) groups is 1. The van der Waals surface area contributed by atoms with Gasteiger partial charge in [-0.1, -0.05) is 49.3 Å². The van der Waals surface area contributed by atoms with Crippen LogP contribution in [-0.2, 0) is 0 Å². The van der Waals surface area contributed by atoms with Crippen LogP contribution in [0.2, 0.25) is 5.02 Å². The number of rotatable bonds is 4. The molecule has 0 unspecified atom stereocenters. The molecule has 19 heavy (non-hydrogen) atoms. The SMILES string of the molecule is CC1(C)CN=C(SCCOc2ccccc2Cl)NC1. The lowest BCUT2D eigenvalue weighted by Crippen LogP contribution is -2.39. The number of para-hydroxylation sites is 1. The highest BCUT2D eigenvalue weighted by molar-refractivity contribution is 8.13. The molecule has 0 saturated carbocycles. The molecule has 1 aliphatic rings. The first-order chi connectivity index (χ1) is 9.07. The average molecular weight is 299 g/mol. The maximum Gasteiger partial charge on any atom is 0.156 e. The van der Waals surface area contributed by atoms with Gasteiger partial charge >= 0.3 is 0 Å². The number of nitrogens with zero attached hydrogens (tertiary/aromatic N) is 1. The number of amidine groups is 1. The highest BCUT2D eigenvalue weighted by atomic mass is 35.5. The third-order valence-corrected chi connectivity index (χ3v) is 4.02. The Hall–Kier alpha value is -0.870. The van der Waals surface area contributed by atoms with E-state index in [1.807, 2.05) is 24.3 Å². The predicted octanol–water partition coefficient (Wildman–Crippen LogP) is 3.44. The van der Waals surface area contributed by atoms with Crippen molar-refractivity contribution in [2.75, 3.05) is 25.4 Å². The fourth-order valence-electron chi connectivity index (χ4n) is 1.66. The van der Waals surface area contributed by atoms with Crippen LogP contribution >= 0.6 is 23.4 Å². The lowest BCUT2D eigenvalue weighted by molar-refractivity contribution is 0.344. The van der Waals surface area contributed by atoms with Crippen molar-refractivity contribution in [2.24, 2.45) is 10.4 Å². The van der Waals surface area contributed by atoms with Gasteiger partial charge in [-0.3, -0.25) is 4.99 Å². The van der Waals surface area contributed by atoms with E-state index >= 15 is 0 Å². The fourth-order valence-corrected chi connectivity index (χ4v) is 2.54. The highest BCUT2D eigenvalue weighted by Gasteiger charge is 2.22. The van der Waals surface area contributed by atoms with Gasteiger partial charge in [-0.15, -0.1) is 0 Å². The Bertz CT molecular complexity index is 463. The van der Waals surface area contributed by atoms with Crippen molar-refractivity contribution in [3.63, 3.8) is 0 Å². The zero-order valence-corrected chi connectivity index (χ0v) is 12.9. The topological polar surface area (TPSA) is 33.6 Å². The molecular formula is C14H19ClN2OS. The maximum atomic E-state index is 6.02. The molecule has 0 saturated heterocycles. The van der Waals surface area contributed by atoms with E-state index in [4.69, 9.17) is 16.3 Å². The van der Waals surface area contributed by atoms with E-state index in [9.17, 15) is 0 Å². The van der Waals surface area contributed by atoms with Crippen LogP contribution in [0.4, 0.5) is 0 Å². The zero-order valence-electron chi connectivity index (χ0n) is 11.3. The smallest absolute Gasteiger partial charge is 0.156 e. The Balaban J connectivity index is 1.71. The molecule has 1 aliphatic heterocycles. The van der Waals surface area contributed by atoms with Crippen LogP contribution < -0.4 is 10.1 Å². The van der Waals surface area contributed by atoms with Crippen molar-refractivity contribution < 1.29 is 4.74 Å². The zero-order chi connectivity index (χ0) is 13.7. The molecule has 1 aromatic rings. The van der Waals surface area contributed by atoms with Gasteiger partial charge in [0.1, 0.15) is 5.75 Å². The Morgan fingerprint density at radius 2 is 2.21 bits per heavy atom. The molecule has 0 atom stereocenters. The molecule has 104 valence electrons. The molecule has 2 rings (SSSR count). The van der Waals surface area contributed by atoms with E-state index in [1.165, 1.54) is 0 Å². The van der Waals surface area contributed by atoms with Gasteiger partial charge in [0.05, 0.1) is 11.6 Å². The molecule has 0 bridgehead atoms. The molecule has 0 spiro atoms. The molecule has 1 N–H and O–H groups in total.